The van der Waals surface area contributed by atoms with Crippen molar-refractivity contribution in [2.24, 2.45) is 5.84 Å². The number of rotatable bonds is 3. The number of benzene rings is 1. The summed E-state index contributed by atoms with van der Waals surface area (Å²) in [6, 6.07) is 6.56. The van der Waals surface area contributed by atoms with Crippen molar-refractivity contribution >= 4 is 23.4 Å². The maximum absolute atomic E-state index is 11.5. The summed E-state index contributed by atoms with van der Waals surface area (Å²) in [6.07, 6.45) is 0. The highest BCUT2D eigenvalue weighted by molar-refractivity contribution is 6.33. The number of carbonyl (C=O) groups excluding carboxylic acids is 2. The maximum atomic E-state index is 11.5. The van der Waals surface area contributed by atoms with Crippen LogP contribution >= 0.6 is 11.6 Å². The van der Waals surface area contributed by atoms with Gasteiger partial charge in [-0.25, -0.2) is 5.84 Å². The number of hydrogen-bond acceptors (Lipinski definition) is 3. The molecule has 0 saturated heterocycles. The molecule has 0 radical (unpaired) electrons. The van der Waals surface area contributed by atoms with Crippen LogP contribution in [-0.2, 0) is 4.79 Å². The van der Waals surface area contributed by atoms with Crippen molar-refractivity contribution in [1.29, 1.82) is 0 Å². The molecule has 1 rings (SSSR count). The lowest BCUT2D eigenvalue weighted by atomic mass is 10.2. The smallest absolute Gasteiger partial charge is 0.253 e. The Hall–Kier alpha value is -1.59. The van der Waals surface area contributed by atoms with Gasteiger partial charge >= 0.3 is 0 Å². The van der Waals surface area contributed by atoms with E-state index in [0.717, 1.165) is 0 Å². The van der Waals surface area contributed by atoms with Crippen LogP contribution in [0.15, 0.2) is 24.3 Å². The molecular formula is C9H10ClN3O2. The SMILES string of the molecule is NNC(=O)CNC(=O)c1ccccc1Cl. The highest BCUT2D eigenvalue weighted by Crippen LogP contribution is 2.14. The van der Waals surface area contributed by atoms with E-state index < -0.39 is 11.8 Å². The molecule has 0 aliphatic heterocycles. The first kappa shape index (κ1) is 11.5. The van der Waals surface area contributed by atoms with Crippen molar-refractivity contribution < 1.29 is 9.59 Å². The van der Waals surface area contributed by atoms with Crippen LogP contribution in [0.5, 0.6) is 0 Å². The van der Waals surface area contributed by atoms with Gasteiger partial charge in [0.15, 0.2) is 0 Å². The fraction of sp³-hybridized carbons (Fsp3) is 0.111. The van der Waals surface area contributed by atoms with E-state index in [1.807, 2.05) is 5.43 Å². The third-order valence-electron chi connectivity index (χ3n) is 1.69. The Kier molecular flexibility index (Phi) is 4.08. The molecule has 5 nitrogen and oxygen atoms in total. The molecule has 0 bridgehead atoms. The largest absolute Gasteiger partial charge is 0.343 e. The normalized spacial score (nSPS) is 9.47. The Labute approximate surface area is 91.6 Å². The second kappa shape index (κ2) is 5.33. The van der Waals surface area contributed by atoms with E-state index in [0.29, 0.717) is 10.6 Å². The third-order valence-corrected chi connectivity index (χ3v) is 2.02. The Morgan fingerprint density at radius 2 is 2.00 bits per heavy atom. The number of hydrazine groups is 1. The van der Waals surface area contributed by atoms with Crippen molar-refractivity contribution in [3.63, 3.8) is 0 Å². The van der Waals surface area contributed by atoms with E-state index in [4.69, 9.17) is 17.4 Å². The molecule has 6 heteroatoms. The molecule has 0 aliphatic rings. The standard InChI is InChI=1S/C9H10ClN3O2/c10-7-4-2-1-3-6(7)9(15)12-5-8(14)13-11/h1-4H,5,11H2,(H,12,15)(H,13,14). The van der Waals surface area contributed by atoms with Crippen LogP contribution in [0.1, 0.15) is 10.4 Å². The van der Waals surface area contributed by atoms with Crippen LogP contribution in [0, 0.1) is 0 Å². The van der Waals surface area contributed by atoms with E-state index in [-0.39, 0.29) is 6.54 Å². The zero-order valence-electron chi connectivity index (χ0n) is 7.79. The topological polar surface area (TPSA) is 84.2 Å². The van der Waals surface area contributed by atoms with Gasteiger partial charge in [0.1, 0.15) is 0 Å². The lowest BCUT2D eigenvalue weighted by molar-refractivity contribution is -0.120. The molecule has 0 spiro atoms. The number of amides is 2. The molecule has 0 aromatic heterocycles. The van der Waals surface area contributed by atoms with E-state index in [9.17, 15) is 9.59 Å². The van der Waals surface area contributed by atoms with Gasteiger partial charge in [0.05, 0.1) is 17.1 Å². The molecule has 0 heterocycles. The predicted octanol–water partition coefficient (Wildman–Crippen LogP) is 0.0597. The summed E-state index contributed by atoms with van der Waals surface area (Å²) >= 11 is 5.78. The average molecular weight is 228 g/mol. The van der Waals surface area contributed by atoms with Crippen molar-refractivity contribution in [2.75, 3.05) is 6.54 Å². The van der Waals surface area contributed by atoms with Crippen LogP contribution in [0.3, 0.4) is 0 Å². The van der Waals surface area contributed by atoms with Crippen molar-refractivity contribution in [3.05, 3.63) is 34.9 Å². The van der Waals surface area contributed by atoms with Crippen LogP contribution in [0.25, 0.3) is 0 Å². The van der Waals surface area contributed by atoms with Crippen molar-refractivity contribution in [3.8, 4) is 0 Å². The lowest BCUT2D eigenvalue weighted by Crippen LogP contribution is -2.40. The van der Waals surface area contributed by atoms with Crippen LogP contribution in [0.4, 0.5) is 0 Å². The molecule has 0 aliphatic carbocycles. The molecule has 15 heavy (non-hydrogen) atoms. The Morgan fingerprint density at radius 3 is 2.60 bits per heavy atom. The van der Waals surface area contributed by atoms with Gasteiger partial charge in [-0.2, -0.15) is 0 Å². The summed E-state index contributed by atoms with van der Waals surface area (Å²) in [5.41, 5.74) is 2.22. The Morgan fingerprint density at radius 1 is 1.33 bits per heavy atom. The first-order chi connectivity index (χ1) is 7.15. The van der Waals surface area contributed by atoms with Crippen LogP contribution < -0.4 is 16.6 Å². The summed E-state index contributed by atoms with van der Waals surface area (Å²) in [5.74, 6) is 3.96. The van der Waals surface area contributed by atoms with Gasteiger partial charge in [-0.05, 0) is 12.1 Å². The minimum atomic E-state index is -0.476. The number of carbonyl (C=O) groups is 2. The Bertz CT molecular complexity index is 381. The predicted molar refractivity (Wildman–Crippen MR) is 56.1 cm³/mol. The van der Waals surface area contributed by atoms with E-state index in [2.05, 4.69) is 5.32 Å². The summed E-state index contributed by atoms with van der Waals surface area (Å²) in [6.45, 7) is -0.180. The zero-order valence-corrected chi connectivity index (χ0v) is 8.54. The molecule has 2 amide bonds. The molecule has 1 aromatic carbocycles. The van der Waals surface area contributed by atoms with E-state index >= 15 is 0 Å². The molecule has 0 atom stereocenters. The van der Waals surface area contributed by atoms with Crippen LogP contribution in [-0.4, -0.2) is 18.4 Å². The third kappa shape index (κ3) is 3.23. The van der Waals surface area contributed by atoms with Crippen LogP contribution in [0.2, 0.25) is 5.02 Å². The van der Waals surface area contributed by atoms with E-state index in [1.165, 1.54) is 0 Å². The first-order valence-corrected chi connectivity index (χ1v) is 4.55. The highest BCUT2D eigenvalue weighted by atomic mass is 35.5. The van der Waals surface area contributed by atoms with Gasteiger partial charge in [0.2, 0.25) is 0 Å². The number of hydrogen-bond donors (Lipinski definition) is 3. The average Bonchev–Trinajstić information content (AvgIpc) is 2.26. The highest BCUT2D eigenvalue weighted by Gasteiger charge is 2.09. The van der Waals surface area contributed by atoms with Gasteiger partial charge in [0, 0.05) is 0 Å². The van der Waals surface area contributed by atoms with Gasteiger partial charge in [-0.15, -0.1) is 0 Å². The molecular weight excluding hydrogens is 218 g/mol. The molecule has 0 fully saturated rings. The molecule has 80 valence electrons. The monoisotopic (exact) mass is 227 g/mol. The summed E-state index contributed by atoms with van der Waals surface area (Å²) < 4.78 is 0. The van der Waals surface area contributed by atoms with Crippen molar-refractivity contribution in [2.45, 2.75) is 0 Å². The Balaban J connectivity index is 2.62. The number of nitrogens with two attached hydrogens (primary N) is 1. The van der Waals surface area contributed by atoms with Gasteiger partial charge in [0.25, 0.3) is 11.8 Å². The summed E-state index contributed by atoms with van der Waals surface area (Å²) in [4.78, 5) is 22.2. The van der Waals surface area contributed by atoms with E-state index in [1.54, 1.807) is 24.3 Å². The quantitative estimate of drug-likeness (QED) is 0.388. The summed E-state index contributed by atoms with van der Waals surface area (Å²) in [5, 5.41) is 2.71. The van der Waals surface area contributed by atoms with Gasteiger partial charge in [-0.1, -0.05) is 23.7 Å². The van der Waals surface area contributed by atoms with Gasteiger partial charge in [-0.3, -0.25) is 15.0 Å². The molecule has 1 aromatic rings. The zero-order chi connectivity index (χ0) is 11.3. The molecule has 4 N–H and O–H groups in total. The minimum absolute atomic E-state index is 0.180. The number of halogens is 1. The van der Waals surface area contributed by atoms with Crippen molar-refractivity contribution in [1.82, 2.24) is 10.7 Å². The lowest BCUT2D eigenvalue weighted by Gasteiger charge is -2.05. The second-order valence-electron chi connectivity index (χ2n) is 2.73. The second-order valence-corrected chi connectivity index (χ2v) is 3.14. The number of nitrogens with one attached hydrogen (secondary N) is 2. The maximum Gasteiger partial charge on any atom is 0.253 e. The fourth-order valence-corrected chi connectivity index (χ4v) is 1.17. The van der Waals surface area contributed by atoms with Gasteiger partial charge < -0.3 is 5.32 Å². The molecule has 0 saturated carbocycles. The fourth-order valence-electron chi connectivity index (χ4n) is 0.952. The summed E-state index contributed by atoms with van der Waals surface area (Å²) in [7, 11) is 0. The molecule has 0 unspecified atom stereocenters. The minimum Gasteiger partial charge on any atom is -0.343 e. The first-order valence-electron chi connectivity index (χ1n) is 4.17.